The lowest BCUT2D eigenvalue weighted by molar-refractivity contribution is 0.395. The van der Waals surface area contributed by atoms with Crippen molar-refractivity contribution in [2.75, 3.05) is 7.05 Å². The lowest BCUT2D eigenvalue weighted by Crippen LogP contribution is -2.36. The minimum absolute atomic E-state index is 0.202. The molecule has 0 aliphatic carbocycles. The Morgan fingerprint density at radius 2 is 2.06 bits per heavy atom. The summed E-state index contributed by atoms with van der Waals surface area (Å²) in [6.45, 7) is 4.08. The molecule has 0 amide bonds. The van der Waals surface area contributed by atoms with Crippen molar-refractivity contribution in [2.45, 2.75) is 31.8 Å². The molecule has 1 heterocycles. The molecule has 0 fully saturated rings. The van der Waals surface area contributed by atoms with Gasteiger partial charge in [0.15, 0.2) is 0 Å². The van der Waals surface area contributed by atoms with Gasteiger partial charge in [-0.15, -0.1) is 0 Å². The van der Waals surface area contributed by atoms with E-state index in [1.54, 1.807) is 0 Å². The van der Waals surface area contributed by atoms with Gasteiger partial charge in [0.25, 0.3) is 0 Å². The van der Waals surface area contributed by atoms with E-state index in [0.29, 0.717) is 0 Å². The van der Waals surface area contributed by atoms with Crippen LogP contribution in [0.2, 0.25) is 0 Å². The van der Waals surface area contributed by atoms with Gasteiger partial charge in [-0.3, -0.25) is 0 Å². The van der Waals surface area contributed by atoms with Crippen LogP contribution in [-0.2, 0) is 0 Å². The summed E-state index contributed by atoms with van der Waals surface area (Å²) < 4.78 is 5.57. The number of nitrogens with one attached hydrogen (secondary N) is 1. The number of hydrogen-bond donors (Lipinski definition) is 2. The summed E-state index contributed by atoms with van der Waals surface area (Å²) in [5.74, 6) is 0. The zero-order chi connectivity index (χ0) is 12.5. The summed E-state index contributed by atoms with van der Waals surface area (Å²) in [5, 5.41) is 4.48. The number of para-hydroxylation sites is 1. The average Bonchev–Trinajstić information content (AvgIpc) is 2.68. The van der Waals surface area contributed by atoms with Crippen LogP contribution in [0, 0.1) is 0 Å². The molecule has 2 rings (SSSR count). The first-order valence-electron chi connectivity index (χ1n) is 5.93. The monoisotopic (exact) mass is 232 g/mol. The maximum atomic E-state index is 6.09. The Morgan fingerprint density at radius 1 is 1.35 bits per heavy atom. The van der Waals surface area contributed by atoms with E-state index in [1.807, 2.05) is 45.4 Å². The van der Waals surface area contributed by atoms with Gasteiger partial charge < -0.3 is 15.5 Å². The van der Waals surface area contributed by atoms with Crippen molar-refractivity contribution >= 4 is 11.0 Å². The number of nitrogens with two attached hydrogens (primary N) is 1. The smallest absolute Gasteiger partial charge is 0.134 e. The van der Waals surface area contributed by atoms with Crippen LogP contribution < -0.4 is 11.1 Å². The quantitative estimate of drug-likeness (QED) is 0.852. The SMILES string of the molecule is CNC(CC(C)(C)N)c1coc2ccccc12. The van der Waals surface area contributed by atoms with Crippen LogP contribution in [0.15, 0.2) is 34.9 Å². The Labute approximate surface area is 102 Å². The minimum Gasteiger partial charge on any atom is -0.464 e. The van der Waals surface area contributed by atoms with Crippen LogP contribution in [0.25, 0.3) is 11.0 Å². The van der Waals surface area contributed by atoms with Gasteiger partial charge >= 0.3 is 0 Å². The summed E-state index contributed by atoms with van der Waals surface area (Å²) in [5.41, 5.74) is 8.00. The predicted molar refractivity (Wildman–Crippen MR) is 70.9 cm³/mol. The Balaban J connectivity index is 2.37. The van der Waals surface area contributed by atoms with Crippen molar-refractivity contribution in [3.8, 4) is 0 Å². The molecule has 0 aliphatic heterocycles. The Kier molecular flexibility index (Phi) is 3.22. The topological polar surface area (TPSA) is 51.2 Å². The second kappa shape index (κ2) is 4.51. The zero-order valence-electron chi connectivity index (χ0n) is 10.7. The molecule has 0 aliphatic rings. The highest BCUT2D eigenvalue weighted by Gasteiger charge is 2.22. The summed E-state index contributed by atoms with van der Waals surface area (Å²) >= 11 is 0. The van der Waals surface area contributed by atoms with Gasteiger partial charge in [-0.1, -0.05) is 18.2 Å². The van der Waals surface area contributed by atoms with Crippen molar-refractivity contribution in [1.82, 2.24) is 5.32 Å². The van der Waals surface area contributed by atoms with Crippen molar-refractivity contribution in [3.63, 3.8) is 0 Å². The molecule has 92 valence electrons. The molecule has 3 N–H and O–H groups in total. The highest BCUT2D eigenvalue weighted by atomic mass is 16.3. The number of benzene rings is 1. The third kappa shape index (κ3) is 2.68. The van der Waals surface area contributed by atoms with Crippen LogP contribution in [0.1, 0.15) is 31.9 Å². The first-order valence-corrected chi connectivity index (χ1v) is 5.93. The second-order valence-electron chi connectivity index (χ2n) is 5.22. The molecule has 3 heteroatoms. The first-order chi connectivity index (χ1) is 8.01. The highest BCUT2D eigenvalue weighted by Crippen LogP contribution is 2.30. The average molecular weight is 232 g/mol. The largest absolute Gasteiger partial charge is 0.464 e. The van der Waals surface area contributed by atoms with E-state index < -0.39 is 0 Å². The molecule has 1 aromatic heterocycles. The van der Waals surface area contributed by atoms with E-state index in [4.69, 9.17) is 10.2 Å². The third-order valence-electron chi connectivity index (χ3n) is 2.97. The van der Waals surface area contributed by atoms with E-state index in [1.165, 1.54) is 5.56 Å². The van der Waals surface area contributed by atoms with Gasteiger partial charge in [-0.25, -0.2) is 0 Å². The van der Waals surface area contributed by atoms with Crippen molar-refractivity contribution in [3.05, 3.63) is 36.1 Å². The van der Waals surface area contributed by atoms with E-state index in [9.17, 15) is 0 Å². The number of hydrogen-bond acceptors (Lipinski definition) is 3. The van der Waals surface area contributed by atoms with Crippen LogP contribution in [0.5, 0.6) is 0 Å². The Hall–Kier alpha value is -1.32. The summed E-state index contributed by atoms with van der Waals surface area (Å²) in [4.78, 5) is 0. The minimum atomic E-state index is -0.202. The van der Waals surface area contributed by atoms with Gasteiger partial charge in [0.2, 0.25) is 0 Å². The summed E-state index contributed by atoms with van der Waals surface area (Å²) in [6, 6.07) is 8.30. The van der Waals surface area contributed by atoms with E-state index >= 15 is 0 Å². The molecule has 2 aromatic rings. The highest BCUT2D eigenvalue weighted by molar-refractivity contribution is 5.81. The number of rotatable bonds is 4. The van der Waals surface area contributed by atoms with Gasteiger partial charge in [0, 0.05) is 22.5 Å². The summed E-state index contributed by atoms with van der Waals surface area (Å²) in [6.07, 6.45) is 2.70. The normalized spacial score (nSPS) is 14.1. The Morgan fingerprint density at radius 3 is 2.71 bits per heavy atom. The van der Waals surface area contributed by atoms with Crippen molar-refractivity contribution < 1.29 is 4.42 Å². The number of furan rings is 1. The van der Waals surface area contributed by atoms with Crippen LogP contribution in [0.4, 0.5) is 0 Å². The molecule has 0 bridgehead atoms. The van der Waals surface area contributed by atoms with Gasteiger partial charge in [0.1, 0.15) is 5.58 Å². The third-order valence-corrected chi connectivity index (χ3v) is 2.97. The molecule has 1 atom stereocenters. The predicted octanol–water partition coefficient (Wildman–Crippen LogP) is 2.82. The molecule has 0 saturated carbocycles. The van der Waals surface area contributed by atoms with E-state index in [0.717, 1.165) is 17.4 Å². The fourth-order valence-corrected chi connectivity index (χ4v) is 2.16. The van der Waals surface area contributed by atoms with Gasteiger partial charge in [-0.05, 0) is 33.4 Å². The molecule has 17 heavy (non-hydrogen) atoms. The molecule has 1 aromatic carbocycles. The second-order valence-corrected chi connectivity index (χ2v) is 5.22. The van der Waals surface area contributed by atoms with E-state index in [2.05, 4.69) is 11.4 Å². The molecule has 0 radical (unpaired) electrons. The summed E-state index contributed by atoms with van der Waals surface area (Å²) in [7, 11) is 1.96. The molecule has 0 spiro atoms. The molecule has 0 saturated heterocycles. The first kappa shape index (κ1) is 12.1. The Bertz CT molecular complexity index is 496. The van der Waals surface area contributed by atoms with Crippen LogP contribution >= 0.6 is 0 Å². The van der Waals surface area contributed by atoms with Gasteiger partial charge in [-0.2, -0.15) is 0 Å². The molecular weight excluding hydrogens is 212 g/mol. The molecule has 1 unspecified atom stereocenters. The van der Waals surface area contributed by atoms with Crippen LogP contribution in [0.3, 0.4) is 0 Å². The van der Waals surface area contributed by atoms with E-state index in [-0.39, 0.29) is 11.6 Å². The maximum absolute atomic E-state index is 6.09. The van der Waals surface area contributed by atoms with Crippen LogP contribution in [-0.4, -0.2) is 12.6 Å². The molecular formula is C14H20N2O. The fourth-order valence-electron chi connectivity index (χ4n) is 2.16. The zero-order valence-corrected chi connectivity index (χ0v) is 10.7. The standard InChI is InChI=1S/C14H20N2O/c1-14(2,15)8-12(16-3)11-9-17-13-7-5-4-6-10(11)13/h4-7,9,12,16H,8,15H2,1-3H3. The lowest BCUT2D eigenvalue weighted by Gasteiger charge is -2.25. The number of fused-ring (bicyclic) bond motifs is 1. The molecule has 3 nitrogen and oxygen atoms in total. The fraction of sp³-hybridized carbons (Fsp3) is 0.429. The van der Waals surface area contributed by atoms with Crippen molar-refractivity contribution in [2.24, 2.45) is 5.73 Å². The van der Waals surface area contributed by atoms with Gasteiger partial charge in [0.05, 0.1) is 6.26 Å². The van der Waals surface area contributed by atoms with Crippen molar-refractivity contribution in [1.29, 1.82) is 0 Å². The lowest BCUT2D eigenvalue weighted by atomic mass is 9.92. The maximum Gasteiger partial charge on any atom is 0.134 e.